The van der Waals surface area contributed by atoms with Gasteiger partial charge >= 0.3 is 0 Å². The van der Waals surface area contributed by atoms with Crippen LogP contribution in [-0.4, -0.2) is 19.9 Å². The quantitative estimate of drug-likeness (QED) is 0.783. The lowest BCUT2D eigenvalue weighted by Crippen LogP contribution is -2.00. The number of aryl methyl sites for hydroxylation is 1. The van der Waals surface area contributed by atoms with Crippen LogP contribution in [0.5, 0.6) is 0 Å². The molecule has 2 aromatic rings. The largest absolute Gasteiger partial charge is 0.339 e. The molecular weight excluding hydrogens is 204 g/mol. The molecule has 1 fully saturated rings. The summed E-state index contributed by atoms with van der Waals surface area (Å²) in [6.45, 7) is 2.20. The third-order valence-corrected chi connectivity index (χ3v) is 3.17. The Morgan fingerprint density at radius 3 is 3.00 bits per heavy atom. The highest BCUT2D eigenvalue weighted by atomic mass is 16.5. The average molecular weight is 218 g/mol. The van der Waals surface area contributed by atoms with Crippen LogP contribution in [0.4, 0.5) is 0 Å². The first-order valence-corrected chi connectivity index (χ1v) is 5.53. The molecule has 5 heteroatoms. The Balaban J connectivity index is 1.76. The molecule has 0 aromatic carbocycles. The summed E-state index contributed by atoms with van der Waals surface area (Å²) in [7, 11) is 1.92. The van der Waals surface area contributed by atoms with Gasteiger partial charge in [0.15, 0.2) is 5.82 Å². The molecule has 0 unspecified atom stereocenters. The van der Waals surface area contributed by atoms with E-state index >= 15 is 0 Å². The molecule has 0 bridgehead atoms. The van der Waals surface area contributed by atoms with Crippen molar-refractivity contribution in [1.82, 2.24) is 19.9 Å². The molecule has 16 heavy (non-hydrogen) atoms. The molecule has 2 atom stereocenters. The lowest BCUT2D eigenvalue weighted by atomic mass is 10.3. The van der Waals surface area contributed by atoms with Crippen LogP contribution in [-0.2, 0) is 13.5 Å². The lowest BCUT2D eigenvalue weighted by Gasteiger charge is -1.95. The summed E-state index contributed by atoms with van der Waals surface area (Å²) in [5.74, 6) is 2.74. The summed E-state index contributed by atoms with van der Waals surface area (Å²) in [4.78, 5) is 4.42. The molecule has 0 saturated heterocycles. The van der Waals surface area contributed by atoms with Crippen LogP contribution in [0.15, 0.2) is 16.8 Å². The number of aromatic nitrogens is 4. The monoisotopic (exact) mass is 218 g/mol. The molecule has 0 amide bonds. The minimum atomic E-state index is 0.493. The Hall–Kier alpha value is -1.65. The summed E-state index contributed by atoms with van der Waals surface area (Å²) in [6, 6.07) is 1.97. The number of nitrogens with zero attached hydrogens (tertiary/aromatic N) is 4. The standard InChI is InChI=1S/C11H14N4O/c1-7-5-9(7)11-13-10(14-16-11)6-8-3-4-12-15(8)2/h3-4,7,9H,5-6H2,1-2H3/t7-,9-/m0/s1. The highest BCUT2D eigenvalue weighted by molar-refractivity contribution is 5.10. The molecule has 1 saturated carbocycles. The molecule has 0 radical (unpaired) electrons. The lowest BCUT2D eigenvalue weighted by molar-refractivity contribution is 0.371. The molecule has 0 N–H and O–H groups in total. The number of hydrogen-bond donors (Lipinski definition) is 0. The van der Waals surface area contributed by atoms with E-state index in [2.05, 4.69) is 22.2 Å². The van der Waals surface area contributed by atoms with Gasteiger partial charge in [-0.3, -0.25) is 4.68 Å². The first-order valence-electron chi connectivity index (χ1n) is 5.53. The molecule has 84 valence electrons. The maximum atomic E-state index is 5.26. The normalized spacial score (nSPS) is 23.6. The Labute approximate surface area is 93.5 Å². The summed E-state index contributed by atoms with van der Waals surface area (Å²) in [5, 5.41) is 8.11. The van der Waals surface area contributed by atoms with E-state index in [4.69, 9.17) is 4.52 Å². The number of hydrogen-bond acceptors (Lipinski definition) is 4. The zero-order valence-electron chi connectivity index (χ0n) is 9.42. The van der Waals surface area contributed by atoms with Crippen LogP contribution in [0, 0.1) is 5.92 Å². The third kappa shape index (κ3) is 1.62. The van der Waals surface area contributed by atoms with E-state index in [1.54, 1.807) is 6.20 Å². The zero-order valence-corrected chi connectivity index (χ0v) is 9.42. The molecule has 1 aliphatic rings. The summed E-state index contributed by atoms with van der Waals surface area (Å²) in [6.07, 6.45) is 3.63. The average Bonchev–Trinajstić information content (AvgIpc) is 2.67. The van der Waals surface area contributed by atoms with E-state index in [1.807, 2.05) is 17.8 Å². The van der Waals surface area contributed by atoms with Crippen molar-refractivity contribution in [2.24, 2.45) is 13.0 Å². The van der Waals surface area contributed by atoms with Gasteiger partial charge in [-0.25, -0.2) is 0 Å². The van der Waals surface area contributed by atoms with Crippen LogP contribution < -0.4 is 0 Å². The van der Waals surface area contributed by atoms with E-state index in [0.29, 0.717) is 18.3 Å². The predicted molar refractivity (Wildman–Crippen MR) is 56.8 cm³/mol. The summed E-state index contributed by atoms with van der Waals surface area (Å²) in [5.41, 5.74) is 1.09. The van der Waals surface area contributed by atoms with Gasteiger partial charge in [0.2, 0.25) is 5.89 Å². The van der Waals surface area contributed by atoms with E-state index in [1.165, 1.54) is 6.42 Å². The molecule has 3 rings (SSSR count). The van der Waals surface area contributed by atoms with Crippen LogP contribution in [0.25, 0.3) is 0 Å². The van der Waals surface area contributed by atoms with Crippen molar-refractivity contribution in [3.8, 4) is 0 Å². The Morgan fingerprint density at radius 2 is 2.38 bits per heavy atom. The highest BCUT2D eigenvalue weighted by Crippen LogP contribution is 2.45. The van der Waals surface area contributed by atoms with Gasteiger partial charge in [0.1, 0.15) is 0 Å². The third-order valence-electron chi connectivity index (χ3n) is 3.17. The van der Waals surface area contributed by atoms with Gasteiger partial charge in [-0.1, -0.05) is 12.1 Å². The van der Waals surface area contributed by atoms with Gasteiger partial charge in [-0.2, -0.15) is 10.1 Å². The van der Waals surface area contributed by atoms with E-state index in [9.17, 15) is 0 Å². The Morgan fingerprint density at radius 1 is 1.56 bits per heavy atom. The SMILES string of the molecule is C[C@H]1C[C@@H]1c1nc(Cc2ccnn2C)no1. The van der Waals surface area contributed by atoms with E-state index in [0.717, 1.165) is 17.4 Å². The minimum Gasteiger partial charge on any atom is -0.339 e. The van der Waals surface area contributed by atoms with Gasteiger partial charge in [0.25, 0.3) is 0 Å². The molecule has 5 nitrogen and oxygen atoms in total. The van der Waals surface area contributed by atoms with Crippen molar-refractivity contribution in [1.29, 1.82) is 0 Å². The van der Waals surface area contributed by atoms with E-state index in [-0.39, 0.29) is 0 Å². The molecule has 1 aliphatic carbocycles. The Bertz CT molecular complexity index is 502. The molecule has 0 spiro atoms. The minimum absolute atomic E-state index is 0.493. The fourth-order valence-electron chi connectivity index (χ4n) is 1.89. The topological polar surface area (TPSA) is 56.7 Å². The number of rotatable bonds is 3. The zero-order chi connectivity index (χ0) is 11.1. The van der Waals surface area contributed by atoms with Crippen molar-refractivity contribution in [3.63, 3.8) is 0 Å². The van der Waals surface area contributed by atoms with Crippen molar-refractivity contribution in [2.75, 3.05) is 0 Å². The van der Waals surface area contributed by atoms with Gasteiger partial charge in [-0.05, 0) is 18.4 Å². The molecule has 0 aliphatic heterocycles. The second kappa shape index (κ2) is 3.43. The van der Waals surface area contributed by atoms with Gasteiger partial charge < -0.3 is 4.52 Å². The summed E-state index contributed by atoms with van der Waals surface area (Å²) >= 11 is 0. The van der Waals surface area contributed by atoms with Crippen molar-refractivity contribution < 1.29 is 4.52 Å². The highest BCUT2D eigenvalue weighted by Gasteiger charge is 2.38. The van der Waals surface area contributed by atoms with Crippen molar-refractivity contribution in [2.45, 2.75) is 25.7 Å². The molecule has 2 aromatic heterocycles. The summed E-state index contributed by atoms with van der Waals surface area (Å²) < 4.78 is 7.09. The van der Waals surface area contributed by atoms with Gasteiger partial charge in [0.05, 0.1) is 6.42 Å². The second-order valence-corrected chi connectivity index (χ2v) is 4.49. The Kier molecular flexibility index (Phi) is 2.05. The van der Waals surface area contributed by atoms with E-state index < -0.39 is 0 Å². The van der Waals surface area contributed by atoms with Gasteiger partial charge in [-0.15, -0.1) is 0 Å². The van der Waals surface area contributed by atoms with Crippen LogP contribution in [0.3, 0.4) is 0 Å². The van der Waals surface area contributed by atoms with Crippen molar-refractivity contribution in [3.05, 3.63) is 29.7 Å². The van der Waals surface area contributed by atoms with Crippen molar-refractivity contribution >= 4 is 0 Å². The van der Waals surface area contributed by atoms with Crippen LogP contribution >= 0.6 is 0 Å². The second-order valence-electron chi connectivity index (χ2n) is 4.49. The van der Waals surface area contributed by atoms with Gasteiger partial charge in [0, 0.05) is 24.9 Å². The molecular formula is C11H14N4O. The maximum Gasteiger partial charge on any atom is 0.230 e. The first-order chi connectivity index (χ1) is 7.74. The van der Waals surface area contributed by atoms with Crippen LogP contribution in [0.1, 0.15) is 36.7 Å². The fraction of sp³-hybridized carbons (Fsp3) is 0.545. The first kappa shape index (κ1) is 9.57. The fourth-order valence-corrected chi connectivity index (χ4v) is 1.89. The molecule has 2 heterocycles. The smallest absolute Gasteiger partial charge is 0.230 e. The van der Waals surface area contributed by atoms with Crippen LogP contribution in [0.2, 0.25) is 0 Å². The predicted octanol–water partition coefficient (Wildman–Crippen LogP) is 1.52. The maximum absolute atomic E-state index is 5.26.